The topological polar surface area (TPSA) is 42.2 Å². The molecule has 3 nitrogen and oxygen atoms in total. The molecule has 25 heavy (non-hydrogen) atoms. The van der Waals surface area contributed by atoms with Gasteiger partial charge in [-0.3, -0.25) is 4.79 Å². The molecule has 3 aromatic rings. The van der Waals surface area contributed by atoms with Crippen molar-refractivity contribution in [1.82, 2.24) is 0 Å². The third-order valence-corrected chi connectivity index (χ3v) is 4.73. The van der Waals surface area contributed by atoms with Crippen molar-refractivity contribution in [3.05, 3.63) is 75.5 Å². The van der Waals surface area contributed by atoms with E-state index in [1.54, 1.807) is 31.2 Å². The first kappa shape index (κ1) is 17.6. The number of benzene rings is 2. The maximum absolute atomic E-state index is 12.5. The van der Waals surface area contributed by atoms with E-state index < -0.39 is 0 Å². The first-order valence-corrected chi connectivity index (χ1v) is 8.69. The molecule has 0 saturated carbocycles. The van der Waals surface area contributed by atoms with Gasteiger partial charge >= 0.3 is 0 Å². The van der Waals surface area contributed by atoms with E-state index in [4.69, 9.17) is 27.6 Å². The van der Waals surface area contributed by atoms with Crippen LogP contribution in [0.15, 0.2) is 52.9 Å². The van der Waals surface area contributed by atoms with E-state index in [2.05, 4.69) is 12.2 Å². The van der Waals surface area contributed by atoms with Gasteiger partial charge in [0, 0.05) is 11.3 Å². The van der Waals surface area contributed by atoms with Crippen LogP contribution in [-0.2, 0) is 6.42 Å². The number of hydrogen-bond donors (Lipinski definition) is 1. The van der Waals surface area contributed by atoms with Crippen LogP contribution in [0, 0.1) is 6.92 Å². The number of carbonyl (C=O) groups is 1. The highest BCUT2D eigenvalue weighted by Gasteiger charge is 2.16. The zero-order valence-electron chi connectivity index (χ0n) is 13.9. The zero-order chi connectivity index (χ0) is 18.0. The summed E-state index contributed by atoms with van der Waals surface area (Å²) in [6.07, 6.45) is 0.960. The second kappa shape index (κ2) is 7.34. The van der Waals surface area contributed by atoms with Crippen LogP contribution in [0.1, 0.15) is 28.6 Å². The Morgan fingerprint density at radius 1 is 1.04 bits per heavy atom. The Bertz CT molecular complexity index is 914. The van der Waals surface area contributed by atoms with Crippen LogP contribution in [0.25, 0.3) is 11.3 Å². The van der Waals surface area contributed by atoms with E-state index in [0.29, 0.717) is 27.1 Å². The Labute approximate surface area is 156 Å². The molecule has 0 aliphatic rings. The average molecular weight is 374 g/mol. The van der Waals surface area contributed by atoms with Crippen LogP contribution < -0.4 is 5.32 Å². The molecule has 0 saturated heterocycles. The van der Waals surface area contributed by atoms with Gasteiger partial charge in [-0.1, -0.05) is 42.3 Å². The molecule has 0 spiro atoms. The molecule has 5 heteroatoms. The van der Waals surface area contributed by atoms with Gasteiger partial charge in [0.1, 0.15) is 11.5 Å². The quantitative estimate of drug-likeness (QED) is 0.576. The first-order valence-electron chi connectivity index (χ1n) is 7.94. The summed E-state index contributed by atoms with van der Waals surface area (Å²) in [7, 11) is 0. The Balaban J connectivity index is 1.83. The third-order valence-electron chi connectivity index (χ3n) is 3.99. The first-order chi connectivity index (χ1) is 12.0. The molecule has 3 rings (SSSR count). The Kier molecular flexibility index (Phi) is 5.16. The van der Waals surface area contributed by atoms with Crippen LogP contribution >= 0.6 is 23.2 Å². The van der Waals surface area contributed by atoms with Gasteiger partial charge in [-0.05, 0) is 55.3 Å². The van der Waals surface area contributed by atoms with E-state index in [9.17, 15) is 4.79 Å². The summed E-state index contributed by atoms with van der Waals surface area (Å²) in [5.41, 5.74) is 3.22. The third kappa shape index (κ3) is 3.89. The van der Waals surface area contributed by atoms with Gasteiger partial charge in [0.05, 0.1) is 15.6 Å². The molecule has 0 aliphatic carbocycles. The normalized spacial score (nSPS) is 10.7. The predicted molar refractivity (Wildman–Crippen MR) is 103 cm³/mol. The maximum atomic E-state index is 12.5. The number of furan rings is 1. The van der Waals surface area contributed by atoms with Gasteiger partial charge in [0.25, 0.3) is 5.91 Å². The van der Waals surface area contributed by atoms with Gasteiger partial charge in [-0.2, -0.15) is 0 Å². The molecular formula is C20H17Cl2NO2. The summed E-state index contributed by atoms with van der Waals surface area (Å²) in [6.45, 7) is 3.85. The molecule has 0 aliphatic heterocycles. The van der Waals surface area contributed by atoms with Crippen molar-refractivity contribution in [2.24, 2.45) is 0 Å². The summed E-state index contributed by atoms with van der Waals surface area (Å²) in [4.78, 5) is 12.5. The summed E-state index contributed by atoms with van der Waals surface area (Å²) in [5.74, 6) is 0.906. The van der Waals surface area contributed by atoms with Gasteiger partial charge < -0.3 is 9.73 Å². The van der Waals surface area contributed by atoms with Crippen molar-refractivity contribution in [1.29, 1.82) is 0 Å². The van der Waals surface area contributed by atoms with Gasteiger partial charge in [-0.15, -0.1) is 0 Å². The van der Waals surface area contributed by atoms with Crippen LogP contribution in [-0.4, -0.2) is 5.91 Å². The molecule has 0 unspecified atom stereocenters. The minimum absolute atomic E-state index is 0.211. The lowest BCUT2D eigenvalue weighted by Gasteiger charge is -2.05. The number of amides is 1. The molecule has 0 atom stereocenters. The highest BCUT2D eigenvalue weighted by Crippen LogP contribution is 2.31. The second-order valence-electron chi connectivity index (χ2n) is 5.71. The van der Waals surface area contributed by atoms with Gasteiger partial charge in [0.15, 0.2) is 0 Å². The molecular weight excluding hydrogens is 357 g/mol. The highest BCUT2D eigenvalue weighted by atomic mass is 35.5. The second-order valence-corrected chi connectivity index (χ2v) is 6.53. The molecule has 1 N–H and O–H groups in total. The van der Waals surface area contributed by atoms with Crippen LogP contribution in [0.5, 0.6) is 0 Å². The van der Waals surface area contributed by atoms with E-state index in [1.807, 2.05) is 24.3 Å². The van der Waals surface area contributed by atoms with Crippen LogP contribution in [0.2, 0.25) is 10.0 Å². The lowest BCUT2D eigenvalue weighted by molar-refractivity contribution is 0.102. The van der Waals surface area contributed by atoms with Crippen molar-refractivity contribution < 1.29 is 9.21 Å². The summed E-state index contributed by atoms with van der Waals surface area (Å²) >= 11 is 12.0. The van der Waals surface area contributed by atoms with Crippen LogP contribution in [0.4, 0.5) is 5.69 Å². The highest BCUT2D eigenvalue weighted by molar-refractivity contribution is 6.42. The van der Waals surface area contributed by atoms with Crippen molar-refractivity contribution in [2.45, 2.75) is 20.3 Å². The molecule has 2 aromatic carbocycles. The van der Waals surface area contributed by atoms with E-state index in [-0.39, 0.29) is 5.91 Å². The Morgan fingerprint density at radius 3 is 2.40 bits per heavy atom. The summed E-state index contributed by atoms with van der Waals surface area (Å²) in [6, 6.07) is 14.7. The van der Waals surface area contributed by atoms with Crippen molar-refractivity contribution in [3.63, 3.8) is 0 Å². The SMILES string of the molecule is CCc1ccc(NC(=O)c2cc(-c3ccc(Cl)c(Cl)c3)oc2C)cc1. The van der Waals surface area contributed by atoms with E-state index >= 15 is 0 Å². The van der Waals surface area contributed by atoms with Crippen molar-refractivity contribution in [3.8, 4) is 11.3 Å². The number of carbonyl (C=O) groups excluding carboxylic acids is 1. The fourth-order valence-electron chi connectivity index (χ4n) is 2.52. The van der Waals surface area contributed by atoms with Gasteiger partial charge in [0.2, 0.25) is 0 Å². The lowest BCUT2D eigenvalue weighted by atomic mass is 10.1. The minimum atomic E-state index is -0.211. The summed E-state index contributed by atoms with van der Waals surface area (Å²) in [5, 5.41) is 3.80. The fraction of sp³-hybridized carbons (Fsp3) is 0.150. The largest absolute Gasteiger partial charge is 0.461 e. The Morgan fingerprint density at radius 2 is 1.76 bits per heavy atom. The summed E-state index contributed by atoms with van der Waals surface area (Å²) < 4.78 is 5.73. The van der Waals surface area contributed by atoms with E-state index in [1.165, 1.54) is 5.56 Å². The van der Waals surface area contributed by atoms with E-state index in [0.717, 1.165) is 17.7 Å². The van der Waals surface area contributed by atoms with Crippen LogP contribution in [0.3, 0.4) is 0 Å². The number of anilines is 1. The molecule has 0 bridgehead atoms. The number of halogens is 2. The molecule has 0 fully saturated rings. The lowest BCUT2D eigenvalue weighted by Crippen LogP contribution is -2.12. The molecule has 1 amide bonds. The fourth-order valence-corrected chi connectivity index (χ4v) is 2.82. The Hall–Kier alpha value is -2.23. The number of aryl methyl sites for hydroxylation is 2. The average Bonchev–Trinajstić information content (AvgIpc) is 3.00. The smallest absolute Gasteiger partial charge is 0.259 e. The predicted octanol–water partition coefficient (Wildman–Crippen LogP) is 6.38. The zero-order valence-corrected chi connectivity index (χ0v) is 15.4. The van der Waals surface area contributed by atoms with Crippen molar-refractivity contribution in [2.75, 3.05) is 5.32 Å². The number of nitrogens with one attached hydrogen (secondary N) is 1. The number of hydrogen-bond acceptors (Lipinski definition) is 2. The number of rotatable bonds is 4. The maximum Gasteiger partial charge on any atom is 0.259 e. The van der Waals surface area contributed by atoms with Gasteiger partial charge in [-0.25, -0.2) is 0 Å². The monoisotopic (exact) mass is 373 g/mol. The molecule has 0 radical (unpaired) electrons. The molecule has 1 aromatic heterocycles. The molecule has 128 valence electrons. The minimum Gasteiger partial charge on any atom is -0.461 e. The standard InChI is InChI=1S/C20H17Cl2NO2/c1-3-13-4-7-15(8-5-13)23-20(24)16-11-19(25-12(16)2)14-6-9-17(21)18(22)10-14/h4-11H,3H2,1-2H3,(H,23,24). The molecule has 1 heterocycles. The van der Waals surface area contributed by atoms with Crippen molar-refractivity contribution >= 4 is 34.8 Å².